The van der Waals surface area contributed by atoms with E-state index in [9.17, 15) is 0 Å². The first-order valence-electron chi connectivity index (χ1n) is 6.95. The molecule has 0 aliphatic carbocycles. The number of rotatable bonds is 3. The van der Waals surface area contributed by atoms with Gasteiger partial charge in [-0.05, 0) is 45.0 Å². The van der Waals surface area contributed by atoms with Crippen LogP contribution < -0.4 is 4.90 Å². The molecule has 18 heavy (non-hydrogen) atoms. The van der Waals surface area contributed by atoms with E-state index >= 15 is 0 Å². The highest BCUT2D eigenvalue weighted by atomic mass is 15.2. The molecule has 0 unspecified atom stereocenters. The minimum Gasteiger partial charge on any atom is -0.370 e. The molecule has 0 N–H and O–H groups in total. The summed E-state index contributed by atoms with van der Waals surface area (Å²) in [6.07, 6.45) is 4.53. The molecule has 0 radical (unpaired) electrons. The Morgan fingerprint density at radius 2 is 1.89 bits per heavy atom. The Labute approximate surface area is 111 Å². The van der Waals surface area contributed by atoms with Crippen molar-refractivity contribution in [3.8, 4) is 0 Å². The molecule has 1 fully saturated rings. The molecule has 3 heteroatoms. The summed E-state index contributed by atoms with van der Waals surface area (Å²) >= 11 is 0. The third-order valence-electron chi connectivity index (χ3n) is 3.92. The third kappa shape index (κ3) is 3.02. The first-order chi connectivity index (χ1) is 8.58. The van der Waals surface area contributed by atoms with E-state index in [1.807, 2.05) is 6.20 Å². The zero-order valence-corrected chi connectivity index (χ0v) is 12.1. The Morgan fingerprint density at radius 3 is 2.33 bits per heavy atom. The number of piperidine rings is 1. The van der Waals surface area contributed by atoms with Crippen LogP contribution in [-0.2, 0) is 0 Å². The van der Waals surface area contributed by atoms with Gasteiger partial charge in [-0.1, -0.05) is 13.8 Å². The highest BCUT2D eigenvalue weighted by Crippen LogP contribution is 2.22. The largest absolute Gasteiger partial charge is 0.370 e. The molecule has 0 aromatic carbocycles. The molecule has 0 atom stereocenters. The number of pyridine rings is 1. The quantitative estimate of drug-likeness (QED) is 0.818. The van der Waals surface area contributed by atoms with Gasteiger partial charge in [0.1, 0.15) is 0 Å². The Kier molecular flexibility index (Phi) is 4.23. The molecule has 1 aliphatic heterocycles. The van der Waals surface area contributed by atoms with E-state index in [0.717, 1.165) is 19.1 Å². The van der Waals surface area contributed by atoms with Crippen LogP contribution in [0, 0.1) is 0 Å². The molecule has 1 aliphatic rings. The van der Waals surface area contributed by atoms with Crippen LogP contribution in [0.15, 0.2) is 18.3 Å². The summed E-state index contributed by atoms with van der Waals surface area (Å²) in [5.74, 6) is 0.513. The fraction of sp³-hybridized carbons (Fsp3) is 0.667. The standard InChI is InChI=1S/C15H25N3/c1-12(2)15-6-5-14(11-16-15)18-9-7-13(8-10-18)17(3)4/h5-6,11-13H,7-10H2,1-4H3. The van der Waals surface area contributed by atoms with Crippen LogP contribution in [0.2, 0.25) is 0 Å². The van der Waals surface area contributed by atoms with Gasteiger partial charge in [-0.25, -0.2) is 0 Å². The number of nitrogens with zero attached hydrogens (tertiary/aromatic N) is 3. The van der Waals surface area contributed by atoms with Gasteiger partial charge in [0, 0.05) is 24.8 Å². The fourth-order valence-electron chi connectivity index (χ4n) is 2.57. The Balaban J connectivity index is 1.97. The molecule has 0 bridgehead atoms. The Morgan fingerprint density at radius 1 is 1.22 bits per heavy atom. The maximum atomic E-state index is 4.56. The zero-order valence-electron chi connectivity index (χ0n) is 12.1. The summed E-state index contributed by atoms with van der Waals surface area (Å²) in [4.78, 5) is 9.36. The van der Waals surface area contributed by atoms with Crippen molar-refractivity contribution in [3.05, 3.63) is 24.0 Å². The van der Waals surface area contributed by atoms with Crippen molar-refractivity contribution in [2.45, 2.75) is 38.6 Å². The van der Waals surface area contributed by atoms with Crippen LogP contribution in [0.25, 0.3) is 0 Å². The molecule has 0 amide bonds. The summed E-state index contributed by atoms with van der Waals surface area (Å²) in [5, 5.41) is 0. The molecule has 3 nitrogen and oxygen atoms in total. The Hall–Kier alpha value is -1.09. The highest BCUT2D eigenvalue weighted by molar-refractivity contribution is 5.45. The highest BCUT2D eigenvalue weighted by Gasteiger charge is 2.20. The van der Waals surface area contributed by atoms with E-state index in [2.05, 4.69) is 54.9 Å². The molecular weight excluding hydrogens is 222 g/mol. The summed E-state index contributed by atoms with van der Waals surface area (Å²) in [6.45, 7) is 6.66. The van der Waals surface area contributed by atoms with Crippen molar-refractivity contribution >= 4 is 5.69 Å². The van der Waals surface area contributed by atoms with Crippen LogP contribution in [0.5, 0.6) is 0 Å². The number of hydrogen-bond acceptors (Lipinski definition) is 3. The van der Waals surface area contributed by atoms with Crippen LogP contribution >= 0.6 is 0 Å². The van der Waals surface area contributed by atoms with E-state index in [0.29, 0.717) is 5.92 Å². The maximum absolute atomic E-state index is 4.56. The van der Waals surface area contributed by atoms with Gasteiger partial charge in [0.25, 0.3) is 0 Å². The molecule has 1 saturated heterocycles. The second-order valence-corrected chi connectivity index (χ2v) is 5.78. The topological polar surface area (TPSA) is 19.4 Å². The minimum absolute atomic E-state index is 0.513. The number of aromatic nitrogens is 1. The molecule has 2 rings (SSSR count). The van der Waals surface area contributed by atoms with Crippen LogP contribution in [0.4, 0.5) is 5.69 Å². The monoisotopic (exact) mass is 247 g/mol. The molecule has 2 heterocycles. The summed E-state index contributed by atoms with van der Waals surface area (Å²) in [7, 11) is 4.36. The van der Waals surface area contributed by atoms with Gasteiger partial charge >= 0.3 is 0 Å². The van der Waals surface area contributed by atoms with Crippen molar-refractivity contribution in [1.29, 1.82) is 0 Å². The van der Waals surface area contributed by atoms with E-state index < -0.39 is 0 Å². The number of anilines is 1. The maximum Gasteiger partial charge on any atom is 0.0552 e. The summed E-state index contributed by atoms with van der Waals surface area (Å²) < 4.78 is 0. The number of hydrogen-bond donors (Lipinski definition) is 0. The van der Waals surface area contributed by atoms with E-state index in [1.165, 1.54) is 24.2 Å². The van der Waals surface area contributed by atoms with Crippen LogP contribution in [0.1, 0.15) is 38.3 Å². The van der Waals surface area contributed by atoms with Crippen molar-refractivity contribution in [2.75, 3.05) is 32.1 Å². The molecule has 1 aromatic rings. The summed E-state index contributed by atoms with van der Waals surface area (Å²) in [5.41, 5.74) is 2.46. The normalized spacial score (nSPS) is 17.8. The third-order valence-corrected chi connectivity index (χ3v) is 3.92. The summed E-state index contributed by atoms with van der Waals surface area (Å²) in [6, 6.07) is 5.13. The van der Waals surface area contributed by atoms with Crippen LogP contribution in [-0.4, -0.2) is 43.1 Å². The lowest BCUT2D eigenvalue weighted by atomic mass is 10.0. The van der Waals surface area contributed by atoms with Gasteiger partial charge < -0.3 is 9.80 Å². The van der Waals surface area contributed by atoms with E-state index in [-0.39, 0.29) is 0 Å². The van der Waals surface area contributed by atoms with Crippen molar-refractivity contribution in [3.63, 3.8) is 0 Å². The first-order valence-corrected chi connectivity index (χ1v) is 6.95. The van der Waals surface area contributed by atoms with Gasteiger partial charge in [0.15, 0.2) is 0 Å². The van der Waals surface area contributed by atoms with Crippen molar-refractivity contribution < 1.29 is 0 Å². The van der Waals surface area contributed by atoms with Gasteiger partial charge in [-0.15, -0.1) is 0 Å². The molecule has 0 spiro atoms. The molecule has 0 saturated carbocycles. The predicted octanol–water partition coefficient (Wildman–Crippen LogP) is 2.74. The lowest BCUT2D eigenvalue weighted by Crippen LogP contribution is -2.42. The first kappa shape index (κ1) is 13.3. The SMILES string of the molecule is CC(C)c1ccc(N2CCC(N(C)C)CC2)cn1. The van der Waals surface area contributed by atoms with Gasteiger partial charge in [-0.2, -0.15) is 0 Å². The molecule has 100 valence electrons. The second-order valence-electron chi connectivity index (χ2n) is 5.78. The van der Waals surface area contributed by atoms with Crippen molar-refractivity contribution in [2.24, 2.45) is 0 Å². The Bertz CT molecular complexity index is 362. The molecule has 1 aromatic heterocycles. The van der Waals surface area contributed by atoms with Gasteiger partial charge in [0.05, 0.1) is 11.9 Å². The second kappa shape index (κ2) is 5.70. The fourth-order valence-corrected chi connectivity index (χ4v) is 2.57. The minimum atomic E-state index is 0.513. The lowest BCUT2D eigenvalue weighted by Gasteiger charge is -2.36. The predicted molar refractivity (Wildman–Crippen MR) is 77.2 cm³/mol. The molecular formula is C15H25N3. The van der Waals surface area contributed by atoms with Gasteiger partial charge in [0.2, 0.25) is 0 Å². The average molecular weight is 247 g/mol. The smallest absolute Gasteiger partial charge is 0.0552 e. The van der Waals surface area contributed by atoms with E-state index in [4.69, 9.17) is 0 Å². The van der Waals surface area contributed by atoms with E-state index in [1.54, 1.807) is 0 Å². The zero-order chi connectivity index (χ0) is 13.1. The van der Waals surface area contributed by atoms with Gasteiger partial charge in [-0.3, -0.25) is 4.98 Å². The lowest BCUT2D eigenvalue weighted by molar-refractivity contribution is 0.249. The average Bonchev–Trinajstić information content (AvgIpc) is 2.39. The van der Waals surface area contributed by atoms with Crippen LogP contribution in [0.3, 0.4) is 0 Å². The van der Waals surface area contributed by atoms with Crippen molar-refractivity contribution in [1.82, 2.24) is 9.88 Å².